The zero-order valence-corrected chi connectivity index (χ0v) is 19.4. The van der Waals surface area contributed by atoms with E-state index in [9.17, 15) is 24.5 Å². The lowest BCUT2D eigenvalue weighted by molar-refractivity contribution is -0.384. The lowest BCUT2D eigenvalue weighted by Crippen LogP contribution is -2.30. The Balaban J connectivity index is 1.79. The third-order valence-electron chi connectivity index (χ3n) is 4.64. The number of ether oxygens (including phenoxy) is 1. The molecule has 0 saturated heterocycles. The molecule has 3 rings (SSSR count). The number of anilines is 1. The number of benzene rings is 3. The Morgan fingerprint density at radius 2 is 1.63 bits per heavy atom. The summed E-state index contributed by atoms with van der Waals surface area (Å²) in [7, 11) is 1.32. The fraction of sp³-hybridized carbons (Fsp3) is 0.0800. The standard InChI is InChI=1S/C25H21N3O6S/c1-34-23(29)16-35-21-13-9-19(10-14-21)26-25(31)22(27-24(30)18-5-3-2-4-6-18)15-17-7-11-20(12-8-17)28(32)33/h2-15H,16H2,1H3,(H,26,31)(H,27,30)/b22-15-. The van der Waals surface area contributed by atoms with Crippen molar-refractivity contribution in [2.24, 2.45) is 0 Å². The van der Waals surface area contributed by atoms with Crippen molar-refractivity contribution in [3.8, 4) is 0 Å². The molecule has 0 saturated carbocycles. The largest absolute Gasteiger partial charge is 0.468 e. The van der Waals surface area contributed by atoms with Gasteiger partial charge in [0.25, 0.3) is 17.5 Å². The highest BCUT2D eigenvalue weighted by atomic mass is 32.2. The molecule has 0 aliphatic carbocycles. The quantitative estimate of drug-likeness (QED) is 0.150. The van der Waals surface area contributed by atoms with Gasteiger partial charge in [0.1, 0.15) is 5.70 Å². The molecule has 3 aromatic rings. The van der Waals surface area contributed by atoms with Gasteiger partial charge in [-0.3, -0.25) is 24.5 Å². The number of nitrogens with one attached hydrogen (secondary N) is 2. The minimum absolute atomic E-state index is 0.0446. The van der Waals surface area contributed by atoms with Crippen LogP contribution in [0.4, 0.5) is 11.4 Å². The summed E-state index contributed by atoms with van der Waals surface area (Å²) in [5.41, 5.74) is 1.19. The number of hydrogen-bond acceptors (Lipinski definition) is 7. The maximum absolute atomic E-state index is 13.0. The minimum atomic E-state index is -0.581. The summed E-state index contributed by atoms with van der Waals surface area (Å²) in [4.78, 5) is 48.2. The number of non-ortho nitro benzene ring substituents is 1. The molecule has 2 amide bonds. The van der Waals surface area contributed by atoms with Crippen molar-refractivity contribution in [1.29, 1.82) is 0 Å². The first-order valence-corrected chi connectivity index (χ1v) is 11.3. The molecule has 0 unspecified atom stereocenters. The summed E-state index contributed by atoms with van der Waals surface area (Å²) in [5.74, 6) is -1.25. The van der Waals surface area contributed by atoms with E-state index in [4.69, 9.17) is 0 Å². The molecule has 0 aromatic heterocycles. The van der Waals surface area contributed by atoms with Gasteiger partial charge in [0.15, 0.2) is 0 Å². The Labute approximate surface area is 205 Å². The van der Waals surface area contributed by atoms with E-state index in [1.165, 1.54) is 49.2 Å². The summed E-state index contributed by atoms with van der Waals surface area (Å²) in [6.45, 7) is 0. The van der Waals surface area contributed by atoms with Gasteiger partial charge in [-0.15, -0.1) is 11.8 Å². The van der Waals surface area contributed by atoms with Crippen molar-refractivity contribution >= 4 is 47.0 Å². The van der Waals surface area contributed by atoms with E-state index in [1.807, 2.05) is 0 Å². The first-order chi connectivity index (χ1) is 16.9. The summed E-state index contributed by atoms with van der Waals surface area (Å²) in [5, 5.41) is 16.2. The predicted octanol–water partition coefficient (Wildman–Crippen LogP) is 4.27. The summed E-state index contributed by atoms with van der Waals surface area (Å²) < 4.78 is 4.61. The molecule has 0 aliphatic heterocycles. The van der Waals surface area contributed by atoms with Crippen molar-refractivity contribution in [1.82, 2.24) is 5.32 Å². The van der Waals surface area contributed by atoms with Crippen LogP contribution in [-0.2, 0) is 14.3 Å². The molecule has 0 aliphatic rings. The van der Waals surface area contributed by atoms with Crippen LogP contribution >= 0.6 is 11.8 Å². The van der Waals surface area contributed by atoms with Gasteiger partial charge in [-0.2, -0.15) is 0 Å². The van der Waals surface area contributed by atoms with Gasteiger partial charge in [-0.1, -0.05) is 18.2 Å². The van der Waals surface area contributed by atoms with Crippen LogP contribution < -0.4 is 10.6 Å². The molecule has 0 atom stereocenters. The molecule has 10 heteroatoms. The Morgan fingerprint density at radius 3 is 2.23 bits per heavy atom. The Kier molecular flexibility index (Phi) is 8.74. The summed E-state index contributed by atoms with van der Waals surface area (Å²) in [6, 6.07) is 20.8. The van der Waals surface area contributed by atoms with Gasteiger partial charge >= 0.3 is 5.97 Å². The lowest BCUT2D eigenvalue weighted by Gasteiger charge is -2.12. The molecule has 9 nitrogen and oxygen atoms in total. The van der Waals surface area contributed by atoms with E-state index >= 15 is 0 Å². The molecular weight excluding hydrogens is 470 g/mol. The van der Waals surface area contributed by atoms with E-state index in [1.54, 1.807) is 54.6 Å². The highest BCUT2D eigenvalue weighted by Gasteiger charge is 2.15. The molecule has 35 heavy (non-hydrogen) atoms. The zero-order valence-electron chi connectivity index (χ0n) is 18.6. The second-order valence-corrected chi connectivity index (χ2v) is 8.12. The number of thioether (sulfide) groups is 1. The molecule has 0 heterocycles. The number of hydrogen-bond donors (Lipinski definition) is 2. The Hall–Kier alpha value is -4.44. The van der Waals surface area contributed by atoms with Gasteiger partial charge < -0.3 is 15.4 Å². The molecule has 3 aromatic carbocycles. The van der Waals surface area contributed by atoms with Crippen molar-refractivity contribution in [2.75, 3.05) is 18.2 Å². The van der Waals surface area contributed by atoms with Crippen molar-refractivity contribution in [3.63, 3.8) is 0 Å². The number of amides is 2. The monoisotopic (exact) mass is 491 g/mol. The van der Waals surface area contributed by atoms with Crippen LogP contribution in [-0.4, -0.2) is 35.6 Å². The second kappa shape index (κ2) is 12.1. The molecule has 0 bridgehead atoms. The van der Waals surface area contributed by atoms with E-state index < -0.39 is 16.7 Å². The number of rotatable bonds is 9. The number of methoxy groups -OCH3 is 1. The molecule has 0 fully saturated rings. The third kappa shape index (κ3) is 7.54. The molecule has 2 N–H and O–H groups in total. The summed E-state index contributed by atoms with van der Waals surface area (Å²) >= 11 is 1.29. The fourth-order valence-electron chi connectivity index (χ4n) is 2.84. The summed E-state index contributed by atoms with van der Waals surface area (Å²) in [6.07, 6.45) is 1.43. The molecule has 0 radical (unpaired) electrons. The molecule has 0 spiro atoms. The van der Waals surface area contributed by atoms with Crippen LogP contribution in [0.25, 0.3) is 6.08 Å². The zero-order chi connectivity index (χ0) is 25.2. The first-order valence-electron chi connectivity index (χ1n) is 10.3. The minimum Gasteiger partial charge on any atom is -0.468 e. The number of nitrogens with zero attached hydrogens (tertiary/aromatic N) is 1. The predicted molar refractivity (Wildman–Crippen MR) is 133 cm³/mol. The average molecular weight is 492 g/mol. The fourth-order valence-corrected chi connectivity index (χ4v) is 3.57. The maximum Gasteiger partial charge on any atom is 0.315 e. The second-order valence-electron chi connectivity index (χ2n) is 7.07. The number of esters is 1. The van der Waals surface area contributed by atoms with Crippen molar-refractivity contribution in [2.45, 2.75) is 4.90 Å². The number of nitro groups is 1. The van der Waals surface area contributed by atoms with E-state index in [-0.39, 0.29) is 23.1 Å². The molecule has 178 valence electrons. The lowest BCUT2D eigenvalue weighted by atomic mass is 10.1. The normalized spacial score (nSPS) is 10.8. The van der Waals surface area contributed by atoms with Gasteiger partial charge in [0.2, 0.25) is 0 Å². The van der Waals surface area contributed by atoms with E-state index in [0.717, 1.165) is 4.90 Å². The average Bonchev–Trinajstić information content (AvgIpc) is 2.88. The van der Waals surface area contributed by atoms with Crippen LogP contribution in [0.5, 0.6) is 0 Å². The first kappa shape index (κ1) is 25.2. The highest BCUT2D eigenvalue weighted by Crippen LogP contribution is 2.21. The van der Waals surface area contributed by atoms with Crippen molar-refractivity contribution in [3.05, 3.63) is 106 Å². The van der Waals surface area contributed by atoms with Crippen LogP contribution in [0, 0.1) is 10.1 Å². The van der Waals surface area contributed by atoms with Crippen LogP contribution in [0.15, 0.2) is 89.5 Å². The third-order valence-corrected chi connectivity index (χ3v) is 5.63. The van der Waals surface area contributed by atoms with Gasteiger partial charge in [0.05, 0.1) is 17.8 Å². The Morgan fingerprint density at radius 1 is 0.971 bits per heavy atom. The van der Waals surface area contributed by atoms with E-state index in [2.05, 4.69) is 15.4 Å². The number of carbonyl (C=O) groups is 3. The van der Waals surface area contributed by atoms with Gasteiger partial charge in [-0.25, -0.2) is 0 Å². The number of carbonyl (C=O) groups excluding carboxylic acids is 3. The van der Waals surface area contributed by atoms with Crippen LogP contribution in [0.3, 0.4) is 0 Å². The topological polar surface area (TPSA) is 128 Å². The van der Waals surface area contributed by atoms with Gasteiger partial charge in [-0.05, 0) is 60.2 Å². The highest BCUT2D eigenvalue weighted by molar-refractivity contribution is 8.00. The number of nitro benzene ring substituents is 1. The smallest absolute Gasteiger partial charge is 0.315 e. The Bertz CT molecular complexity index is 1240. The van der Waals surface area contributed by atoms with Gasteiger partial charge in [0, 0.05) is 28.3 Å². The molecular formula is C25H21N3O6S. The van der Waals surface area contributed by atoms with Crippen molar-refractivity contribution < 1.29 is 24.0 Å². The maximum atomic E-state index is 13.0. The SMILES string of the molecule is COC(=O)CSc1ccc(NC(=O)/C(=C/c2ccc([N+](=O)[O-])cc2)NC(=O)c2ccccc2)cc1. The van der Waals surface area contributed by atoms with E-state index in [0.29, 0.717) is 16.8 Å². The van der Waals surface area contributed by atoms with Crippen LogP contribution in [0.2, 0.25) is 0 Å². The van der Waals surface area contributed by atoms with Crippen LogP contribution in [0.1, 0.15) is 15.9 Å².